The molecule has 0 radical (unpaired) electrons. The standard InChI is InChI=1S/C27H16N4S/c1-2-6-18(7-3-1)31-23-9-5-4-8-19(23)20-13-22-21-12-17(27-29-15-28-16-30-27)10-11-25(21)32-26(22)14-24(20)31/h1-16H. The summed E-state index contributed by atoms with van der Waals surface area (Å²) in [6.45, 7) is 0. The minimum atomic E-state index is 0.697. The molecule has 32 heavy (non-hydrogen) atoms. The lowest BCUT2D eigenvalue weighted by atomic mass is 10.1. The average molecular weight is 429 g/mol. The maximum Gasteiger partial charge on any atom is 0.162 e. The van der Waals surface area contributed by atoms with Gasteiger partial charge in [-0.1, -0.05) is 36.4 Å². The zero-order chi connectivity index (χ0) is 21.1. The minimum absolute atomic E-state index is 0.697. The second-order valence-electron chi connectivity index (χ2n) is 7.83. The third kappa shape index (κ3) is 2.52. The van der Waals surface area contributed by atoms with Gasteiger partial charge in [-0.2, -0.15) is 0 Å². The lowest BCUT2D eigenvalue weighted by Gasteiger charge is -2.07. The van der Waals surface area contributed by atoms with Crippen LogP contribution in [0.25, 0.3) is 59.1 Å². The van der Waals surface area contributed by atoms with Crippen LogP contribution in [0.2, 0.25) is 0 Å². The molecular weight excluding hydrogens is 412 g/mol. The summed E-state index contributed by atoms with van der Waals surface area (Å²) in [6.07, 6.45) is 3.08. The fraction of sp³-hybridized carbons (Fsp3) is 0. The van der Waals surface area contributed by atoms with E-state index >= 15 is 0 Å². The van der Waals surface area contributed by atoms with E-state index in [9.17, 15) is 0 Å². The van der Waals surface area contributed by atoms with Crippen molar-refractivity contribution in [2.24, 2.45) is 0 Å². The van der Waals surface area contributed by atoms with Crippen LogP contribution in [-0.2, 0) is 0 Å². The summed E-state index contributed by atoms with van der Waals surface area (Å²) in [5, 5.41) is 5.04. The first-order chi connectivity index (χ1) is 15.9. The first-order valence-corrected chi connectivity index (χ1v) is 11.3. The van der Waals surface area contributed by atoms with Gasteiger partial charge in [0.05, 0.1) is 11.0 Å². The van der Waals surface area contributed by atoms with Crippen molar-refractivity contribution < 1.29 is 0 Å². The van der Waals surface area contributed by atoms with Gasteiger partial charge < -0.3 is 4.57 Å². The van der Waals surface area contributed by atoms with Crippen molar-refractivity contribution in [1.29, 1.82) is 0 Å². The van der Waals surface area contributed by atoms with Gasteiger partial charge >= 0.3 is 0 Å². The molecule has 0 saturated heterocycles. The van der Waals surface area contributed by atoms with Crippen LogP contribution < -0.4 is 0 Å². The van der Waals surface area contributed by atoms with Crippen molar-refractivity contribution in [1.82, 2.24) is 19.5 Å². The van der Waals surface area contributed by atoms with Crippen LogP contribution in [0.5, 0.6) is 0 Å². The van der Waals surface area contributed by atoms with Gasteiger partial charge in [0.25, 0.3) is 0 Å². The van der Waals surface area contributed by atoms with E-state index in [0.29, 0.717) is 5.82 Å². The summed E-state index contributed by atoms with van der Waals surface area (Å²) < 4.78 is 4.91. The quantitative estimate of drug-likeness (QED) is 0.298. The molecular formula is C27H16N4S. The summed E-state index contributed by atoms with van der Waals surface area (Å²) in [5.74, 6) is 0.697. The third-order valence-electron chi connectivity index (χ3n) is 6.03. The molecule has 4 aromatic carbocycles. The molecule has 0 saturated carbocycles. The molecule has 0 spiro atoms. The maximum atomic E-state index is 4.33. The van der Waals surface area contributed by atoms with Gasteiger partial charge in [0.15, 0.2) is 5.82 Å². The van der Waals surface area contributed by atoms with Crippen LogP contribution in [0.4, 0.5) is 0 Å². The van der Waals surface area contributed by atoms with E-state index in [2.05, 4.69) is 104 Å². The summed E-state index contributed by atoms with van der Waals surface area (Å²) in [7, 11) is 0. The number of nitrogens with zero attached hydrogens (tertiary/aromatic N) is 4. The Kier molecular flexibility index (Phi) is 3.68. The molecule has 0 bridgehead atoms. The molecule has 0 amide bonds. The molecule has 5 heteroatoms. The van der Waals surface area contributed by atoms with Crippen molar-refractivity contribution >= 4 is 53.3 Å². The van der Waals surface area contributed by atoms with E-state index in [-0.39, 0.29) is 0 Å². The number of para-hydroxylation sites is 2. The predicted molar refractivity (Wildman–Crippen MR) is 132 cm³/mol. The third-order valence-corrected chi connectivity index (χ3v) is 7.16. The van der Waals surface area contributed by atoms with Crippen LogP contribution in [0.3, 0.4) is 0 Å². The number of rotatable bonds is 2. The summed E-state index contributed by atoms with van der Waals surface area (Å²) in [6, 6.07) is 30.4. The topological polar surface area (TPSA) is 43.6 Å². The molecule has 0 atom stereocenters. The SMILES string of the molecule is c1ccc(-n2c3ccccc3c3cc4c(cc32)sc2ccc(-c3ncncn3)cc24)cc1. The molecule has 0 aliphatic heterocycles. The highest BCUT2D eigenvalue weighted by Crippen LogP contribution is 2.41. The van der Waals surface area contributed by atoms with E-state index < -0.39 is 0 Å². The highest BCUT2D eigenvalue weighted by atomic mass is 32.1. The van der Waals surface area contributed by atoms with Gasteiger partial charge in [0, 0.05) is 42.2 Å². The predicted octanol–water partition coefficient (Wildman–Crippen LogP) is 7.00. The Hall–Kier alpha value is -4.09. The van der Waals surface area contributed by atoms with Gasteiger partial charge in [-0.15, -0.1) is 11.3 Å². The van der Waals surface area contributed by atoms with E-state index in [1.807, 2.05) is 11.3 Å². The van der Waals surface area contributed by atoms with Crippen molar-refractivity contribution in [2.45, 2.75) is 0 Å². The highest BCUT2D eigenvalue weighted by Gasteiger charge is 2.15. The zero-order valence-corrected chi connectivity index (χ0v) is 17.8. The van der Waals surface area contributed by atoms with E-state index in [4.69, 9.17) is 0 Å². The Bertz CT molecular complexity index is 1770. The van der Waals surface area contributed by atoms with Crippen molar-refractivity contribution in [2.75, 3.05) is 0 Å². The van der Waals surface area contributed by atoms with Crippen LogP contribution in [-0.4, -0.2) is 19.5 Å². The Morgan fingerprint density at radius 3 is 2.25 bits per heavy atom. The molecule has 0 N–H and O–H groups in total. The molecule has 7 rings (SSSR count). The Morgan fingerprint density at radius 2 is 1.38 bits per heavy atom. The van der Waals surface area contributed by atoms with E-state index in [1.54, 1.807) is 12.7 Å². The van der Waals surface area contributed by atoms with Gasteiger partial charge in [0.1, 0.15) is 12.7 Å². The first kappa shape index (κ1) is 17.6. The fourth-order valence-corrected chi connectivity index (χ4v) is 5.72. The monoisotopic (exact) mass is 428 g/mol. The van der Waals surface area contributed by atoms with Crippen molar-refractivity contribution in [3.05, 3.63) is 97.6 Å². The number of thiophene rings is 1. The van der Waals surface area contributed by atoms with Crippen LogP contribution in [0.15, 0.2) is 97.6 Å². The number of benzene rings is 4. The lowest BCUT2D eigenvalue weighted by molar-refractivity contribution is 1.06. The summed E-state index contributed by atoms with van der Waals surface area (Å²) >= 11 is 1.83. The van der Waals surface area contributed by atoms with Gasteiger partial charge in [-0.3, -0.25) is 0 Å². The van der Waals surface area contributed by atoms with Gasteiger partial charge in [0.2, 0.25) is 0 Å². The first-order valence-electron chi connectivity index (χ1n) is 10.4. The summed E-state index contributed by atoms with van der Waals surface area (Å²) in [5.41, 5.74) is 4.64. The molecule has 0 unspecified atom stereocenters. The summed E-state index contributed by atoms with van der Waals surface area (Å²) in [4.78, 5) is 12.6. The van der Waals surface area contributed by atoms with Crippen LogP contribution in [0, 0.1) is 0 Å². The molecule has 3 heterocycles. The molecule has 4 nitrogen and oxygen atoms in total. The molecule has 150 valence electrons. The average Bonchev–Trinajstić information content (AvgIpc) is 3.38. The zero-order valence-electron chi connectivity index (χ0n) is 16.9. The molecule has 0 aliphatic rings. The fourth-order valence-electron chi connectivity index (χ4n) is 4.62. The number of hydrogen-bond acceptors (Lipinski definition) is 4. The van der Waals surface area contributed by atoms with E-state index in [0.717, 1.165) is 5.56 Å². The molecule has 0 aliphatic carbocycles. The molecule has 7 aromatic rings. The minimum Gasteiger partial charge on any atom is -0.309 e. The van der Waals surface area contributed by atoms with Crippen LogP contribution >= 0.6 is 11.3 Å². The second-order valence-corrected chi connectivity index (χ2v) is 8.91. The van der Waals surface area contributed by atoms with Crippen LogP contribution in [0.1, 0.15) is 0 Å². The smallest absolute Gasteiger partial charge is 0.162 e. The van der Waals surface area contributed by atoms with Crippen molar-refractivity contribution in [3.63, 3.8) is 0 Å². The number of fused-ring (bicyclic) bond motifs is 6. The Morgan fingerprint density at radius 1 is 0.594 bits per heavy atom. The van der Waals surface area contributed by atoms with Gasteiger partial charge in [-0.25, -0.2) is 15.0 Å². The normalized spacial score (nSPS) is 11.8. The second kappa shape index (κ2) is 6.70. The highest BCUT2D eigenvalue weighted by molar-refractivity contribution is 7.25. The molecule has 0 fully saturated rings. The number of hydrogen-bond donors (Lipinski definition) is 0. The van der Waals surface area contributed by atoms with Gasteiger partial charge in [-0.05, 0) is 48.5 Å². The maximum absolute atomic E-state index is 4.33. The number of aromatic nitrogens is 4. The van der Waals surface area contributed by atoms with E-state index in [1.165, 1.54) is 47.7 Å². The Balaban J connectivity index is 1.57. The lowest BCUT2D eigenvalue weighted by Crippen LogP contribution is -1.92. The largest absolute Gasteiger partial charge is 0.309 e. The van der Waals surface area contributed by atoms with Crippen molar-refractivity contribution in [3.8, 4) is 17.1 Å². The molecule has 3 aromatic heterocycles. The Labute approximate surface area is 187 Å².